The SMILES string of the molecule is Oc1ccc(N=Nc2cccnc2Cl)cc1. The molecule has 16 heavy (non-hydrogen) atoms. The Morgan fingerprint density at radius 3 is 2.50 bits per heavy atom. The van der Waals surface area contributed by atoms with E-state index in [1.54, 1.807) is 42.6 Å². The summed E-state index contributed by atoms with van der Waals surface area (Å²) in [5.74, 6) is 0.193. The zero-order valence-electron chi connectivity index (χ0n) is 8.21. The number of benzene rings is 1. The van der Waals surface area contributed by atoms with Crippen LogP contribution in [-0.2, 0) is 0 Å². The maximum atomic E-state index is 9.08. The maximum Gasteiger partial charge on any atom is 0.156 e. The van der Waals surface area contributed by atoms with Crippen LogP contribution in [0.1, 0.15) is 0 Å². The standard InChI is InChI=1S/C11H8ClN3O/c12-11-10(2-1-7-13-11)15-14-8-3-5-9(16)6-4-8/h1-7,16H. The first-order chi connectivity index (χ1) is 7.75. The van der Waals surface area contributed by atoms with Crippen LogP contribution in [0.15, 0.2) is 52.8 Å². The highest BCUT2D eigenvalue weighted by Crippen LogP contribution is 2.24. The van der Waals surface area contributed by atoms with Gasteiger partial charge in [-0.15, -0.1) is 5.11 Å². The highest BCUT2D eigenvalue weighted by atomic mass is 35.5. The van der Waals surface area contributed by atoms with E-state index in [2.05, 4.69) is 15.2 Å². The van der Waals surface area contributed by atoms with Crippen LogP contribution in [0, 0.1) is 0 Å². The van der Waals surface area contributed by atoms with Gasteiger partial charge in [0.2, 0.25) is 0 Å². The van der Waals surface area contributed by atoms with Gasteiger partial charge in [0.25, 0.3) is 0 Å². The van der Waals surface area contributed by atoms with Gasteiger partial charge in [0, 0.05) is 6.20 Å². The van der Waals surface area contributed by atoms with Gasteiger partial charge < -0.3 is 5.11 Å². The molecule has 1 heterocycles. The van der Waals surface area contributed by atoms with E-state index in [0.717, 1.165) is 0 Å². The summed E-state index contributed by atoms with van der Waals surface area (Å²) in [6, 6.07) is 9.85. The first-order valence-electron chi connectivity index (χ1n) is 4.57. The lowest BCUT2D eigenvalue weighted by Crippen LogP contribution is -1.72. The molecule has 0 spiro atoms. The Labute approximate surface area is 97.3 Å². The minimum Gasteiger partial charge on any atom is -0.508 e. The molecule has 0 saturated heterocycles. The molecule has 0 radical (unpaired) electrons. The quantitative estimate of drug-likeness (QED) is 0.633. The van der Waals surface area contributed by atoms with Gasteiger partial charge in [0.05, 0.1) is 5.69 Å². The largest absolute Gasteiger partial charge is 0.508 e. The third-order valence-corrected chi connectivity index (χ3v) is 2.15. The fourth-order valence-electron chi connectivity index (χ4n) is 1.08. The van der Waals surface area contributed by atoms with Crippen molar-refractivity contribution in [2.24, 2.45) is 10.2 Å². The predicted molar refractivity (Wildman–Crippen MR) is 61.5 cm³/mol. The van der Waals surface area contributed by atoms with E-state index in [4.69, 9.17) is 16.7 Å². The molecule has 5 heteroatoms. The van der Waals surface area contributed by atoms with Crippen molar-refractivity contribution in [3.63, 3.8) is 0 Å². The molecule has 0 amide bonds. The smallest absolute Gasteiger partial charge is 0.156 e. The van der Waals surface area contributed by atoms with E-state index in [1.165, 1.54) is 0 Å². The summed E-state index contributed by atoms with van der Waals surface area (Å²) in [6.45, 7) is 0. The number of nitrogens with zero attached hydrogens (tertiary/aromatic N) is 3. The summed E-state index contributed by atoms with van der Waals surface area (Å²) in [7, 11) is 0. The van der Waals surface area contributed by atoms with Crippen LogP contribution in [0.5, 0.6) is 5.75 Å². The fourth-order valence-corrected chi connectivity index (χ4v) is 1.24. The van der Waals surface area contributed by atoms with Crippen molar-refractivity contribution in [3.8, 4) is 5.75 Å². The maximum absolute atomic E-state index is 9.08. The molecule has 0 fully saturated rings. The minimum atomic E-state index is 0.193. The summed E-state index contributed by atoms with van der Waals surface area (Å²) in [4.78, 5) is 3.88. The number of hydrogen-bond acceptors (Lipinski definition) is 4. The number of azo groups is 1. The van der Waals surface area contributed by atoms with Gasteiger partial charge in [0.15, 0.2) is 5.15 Å². The summed E-state index contributed by atoms with van der Waals surface area (Å²) >= 11 is 5.81. The molecular weight excluding hydrogens is 226 g/mol. The Morgan fingerprint density at radius 1 is 1.06 bits per heavy atom. The van der Waals surface area contributed by atoms with E-state index in [-0.39, 0.29) is 5.75 Å². The lowest BCUT2D eigenvalue weighted by molar-refractivity contribution is 0.475. The van der Waals surface area contributed by atoms with Crippen molar-refractivity contribution in [2.75, 3.05) is 0 Å². The molecule has 0 aliphatic heterocycles. The van der Waals surface area contributed by atoms with E-state index in [9.17, 15) is 0 Å². The summed E-state index contributed by atoms with van der Waals surface area (Å²) in [5, 5.41) is 17.3. The van der Waals surface area contributed by atoms with Gasteiger partial charge in [-0.25, -0.2) is 4.98 Å². The Morgan fingerprint density at radius 2 is 1.81 bits per heavy atom. The molecule has 0 saturated carbocycles. The topological polar surface area (TPSA) is 57.8 Å². The average molecular weight is 234 g/mol. The van der Waals surface area contributed by atoms with Crippen LogP contribution in [0.2, 0.25) is 5.15 Å². The molecule has 0 aliphatic rings. The van der Waals surface area contributed by atoms with Crippen LogP contribution in [0.25, 0.3) is 0 Å². The van der Waals surface area contributed by atoms with Crippen LogP contribution in [0.4, 0.5) is 11.4 Å². The third kappa shape index (κ3) is 2.55. The van der Waals surface area contributed by atoms with Gasteiger partial charge in [-0.05, 0) is 36.4 Å². The minimum absolute atomic E-state index is 0.193. The summed E-state index contributed by atoms with van der Waals surface area (Å²) in [5.41, 5.74) is 1.15. The normalized spacial score (nSPS) is 10.8. The number of phenolic OH excluding ortho intramolecular Hbond substituents is 1. The highest BCUT2D eigenvalue weighted by molar-refractivity contribution is 6.31. The number of halogens is 1. The molecule has 2 aromatic rings. The van der Waals surface area contributed by atoms with E-state index >= 15 is 0 Å². The molecule has 1 aromatic heterocycles. The zero-order valence-corrected chi connectivity index (χ0v) is 8.96. The summed E-state index contributed by atoms with van der Waals surface area (Å²) in [6.07, 6.45) is 1.59. The van der Waals surface area contributed by atoms with Gasteiger partial charge in [-0.1, -0.05) is 11.6 Å². The Balaban J connectivity index is 2.21. The van der Waals surface area contributed by atoms with Gasteiger partial charge in [-0.2, -0.15) is 5.11 Å². The number of phenols is 1. The van der Waals surface area contributed by atoms with Crippen molar-refractivity contribution in [1.29, 1.82) is 0 Å². The monoisotopic (exact) mass is 233 g/mol. The molecule has 0 atom stereocenters. The third-order valence-electron chi connectivity index (χ3n) is 1.86. The Bertz CT molecular complexity index is 511. The average Bonchev–Trinajstić information content (AvgIpc) is 2.30. The molecule has 0 bridgehead atoms. The van der Waals surface area contributed by atoms with Crippen molar-refractivity contribution in [1.82, 2.24) is 4.98 Å². The molecule has 1 aromatic carbocycles. The molecule has 0 aliphatic carbocycles. The van der Waals surface area contributed by atoms with Crippen LogP contribution >= 0.6 is 11.6 Å². The number of rotatable bonds is 2. The lowest BCUT2D eigenvalue weighted by atomic mass is 10.3. The number of hydrogen-bond donors (Lipinski definition) is 1. The van der Waals surface area contributed by atoms with Crippen molar-refractivity contribution in [3.05, 3.63) is 47.7 Å². The Hall–Kier alpha value is -1.94. The zero-order chi connectivity index (χ0) is 11.4. The highest BCUT2D eigenvalue weighted by Gasteiger charge is 1.97. The lowest BCUT2D eigenvalue weighted by Gasteiger charge is -1.95. The van der Waals surface area contributed by atoms with Crippen molar-refractivity contribution in [2.45, 2.75) is 0 Å². The van der Waals surface area contributed by atoms with E-state index in [0.29, 0.717) is 16.5 Å². The molecule has 0 unspecified atom stereocenters. The molecule has 1 N–H and O–H groups in total. The second-order valence-electron chi connectivity index (χ2n) is 3.03. The van der Waals surface area contributed by atoms with Gasteiger partial charge >= 0.3 is 0 Å². The predicted octanol–water partition coefficient (Wildman–Crippen LogP) is 3.86. The van der Waals surface area contributed by atoms with Crippen LogP contribution < -0.4 is 0 Å². The second-order valence-corrected chi connectivity index (χ2v) is 3.39. The number of aromatic hydroxyl groups is 1. The fraction of sp³-hybridized carbons (Fsp3) is 0. The first-order valence-corrected chi connectivity index (χ1v) is 4.95. The summed E-state index contributed by atoms with van der Waals surface area (Å²) < 4.78 is 0. The van der Waals surface area contributed by atoms with Gasteiger partial charge in [-0.3, -0.25) is 0 Å². The number of pyridine rings is 1. The molecule has 80 valence electrons. The van der Waals surface area contributed by atoms with Crippen LogP contribution in [0.3, 0.4) is 0 Å². The first kappa shape index (κ1) is 10.6. The molecular formula is C11H8ClN3O. The Kier molecular flexibility index (Phi) is 3.12. The number of aromatic nitrogens is 1. The van der Waals surface area contributed by atoms with Crippen LogP contribution in [-0.4, -0.2) is 10.1 Å². The van der Waals surface area contributed by atoms with Crippen molar-refractivity contribution < 1.29 is 5.11 Å². The molecule has 4 nitrogen and oxygen atoms in total. The van der Waals surface area contributed by atoms with E-state index < -0.39 is 0 Å². The second kappa shape index (κ2) is 4.72. The molecule has 2 rings (SSSR count). The van der Waals surface area contributed by atoms with Crippen molar-refractivity contribution >= 4 is 23.0 Å². The van der Waals surface area contributed by atoms with Gasteiger partial charge in [0.1, 0.15) is 11.4 Å². The van der Waals surface area contributed by atoms with E-state index in [1.807, 2.05) is 0 Å².